The number of hydrogen-bond donors (Lipinski definition) is 3. The summed E-state index contributed by atoms with van der Waals surface area (Å²) >= 11 is 0. The first kappa shape index (κ1) is 27.2. The Morgan fingerprint density at radius 3 is 2.52 bits per heavy atom. The van der Waals surface area contributed by atoms with Crippen LogP contribution in [-0.2, 0) is 0 Å². The summed E-state index contributed by atoms with van der Waals surface area (Å²) in [6, 6.07) is 8.58. The van der Waals surface area contributed by atoms with Gasteiger partial charge in [-0.2, -0.15) is 0 Å². The van der Waals surface area contributed by atoms with Gasteiger partial charge in [0.2, 0.25) is 0 Å². The lowest BCUT2D eigenvalue weighted by molar-refractivity contribution is -0.0919. The van der Waals surface area contributed by atoms with Gasteiger partial charge in [-0.05, 0) is 87.9 Å². The predicted molar refractivity (Wildman–Crippen MR) is 169 cm³/mol. The Hall–Kier alpha value is -2.41. The van der Waals surface area contributed by atoms with Crippen LogP contribution in [0.3, 0.4) is 0 Å². The van der Waals surface area contributed by atoms with Crippen LogP contribution >= 0.6 is 0 Å². The quantitative estimate of drug-likeness (QED) is 0.294. The van der Waals surface area contributed by atoms with E-state index in [0.29, 0.717) is 12.0 Å². The molecule has 6 atom stereocenters. The fraction of sp³-hybridized carbons (Fsp3) is 0.639. The number of aliphatic hydroxyl groups is 1. The topological polar surface area (TPSA) is 75.6 Å². The van der Waals surface area contributed by atoms with Gasteiger partial charge in [-0.3, -0.25) is 9.88 Å². The molecule has 224 valence electrons. The van der Waals surface area contributed by atoms with E-state index in [1.165, 1.54) is 82.7 Å². The van der Waals surface area contributed by atoms with Crippen molar-refractivity contribution in [3.63, 3.8) is 0 Å². The minimum absolute atomic E-state index is 0.0259. The minimum atomic E-state index is -0.866. The zero-order chi connectivity index (χ0) is 28.3. The molecule has 6 nitrogen and oxygen atoms in total. The van der Waals surface area contributed by atoms with Crippen LogP contribution in [0.2, 0.25) is 0 Å². The number of aromatic nitrogens is 2. The highest BCUT2D eigenvalue weighted by atomic mass is 16.3. The third-order valence-electron chi connectivity index (χ3n) is 12.0. The van der Waals surface area contributed by atoms with Gasteiger partial charge in [-0.15, -0.1) is 0 Å². The van der Waals surface area contributed by atoms with Crippen LogP contribution < -0.4 is 0 Å². The average Bonchev–Trinajstić information content (AvgIpc) is 3.50. The number of rotatable bonds is 1. The van der Waals surface area contributed by atoms with Gasteiger partial charge in [0.1, 0.15) is 5.75 Å². The minimum Gasteiger partial charge on any atom is -0.506 e. The van der Waals surface area contributed by atoms with Crippen molar-refractivity contribution in [1.29, 1.82) is 0 Å². The normalized spacial score (nSPS) is 36.3. The number of phenolic OH excluding ortho intramolecular Hbond substituents is 1. The summed E-state index contributed by atoms with van der Waals surface area (Å²) < 4.78 is 0. The summed E-state index contributed by atoms with van der Waals surface area (Å²) in [6.07, 6.45) is 21.4. The largest absolute Gasteiger partial charge is 0.506 e. The molecule has 0 saturated carbocycles. The molecule has 3 N–H and O–H groups in total. The fourth-order valence-corrected chi connectivity index (χ4v) is 10.3. The zero-order valence-corrected chi connectivity index (χ0v) is 25.2. The maximum Gasteiger partial charge on any atom is 0.139 e. The molecule has 8 rings (SSSR count). The number of nitrogens with one attached hydrogen (secondary N) is 1. The Balaban J connectivity index is 1.33. The number of aromatic hydroxyl groups is 1. The monoisotopic (exact) mass is 568 g/mol. The number of nitrogens with zero attached hydrogens (tertiary/aromatic N) is 3. The van der Waals surface area contributed by atoms with Gasteiger partial charge >= 0.3 is 0 Å². The van der Waals surface area contributed by atoms with Gasteiger partial charge in [0.15, 0.2) is 0 Å². The Morgan fingerprint density at radius 1 is 0.833 bits per heavy atom. The molecule has 1 aliphatic carbocycles. The van der Waals surface area contributed by atoms with Gasteiger partial charge in [0, 0.05) is 41.0 Å². The molecule has 4 aliphatic heterocycles. The molecule has 3 bridgehead atoms. The maximum absolute atomic E-state index is 13.1. The van der Waals surface area contributed by atoms with Crippen molar-refractivity contribution in [3.05, 3.63) is 42.2 Å². The summed E-state index contributed by atoms with van der Waals surface area (Å²) in [4.78, 5) is 14.3. The number of benzene rings is 1. The molecule has 0 amide bonds. The third-order valence-corrected chi connectivity index (χ3v) is 12.0. The first-order valence-electron chi connectivity index (χ1n) is 17.1. The molecule has 4 fully saturated rings. The highest BCUT2D eigenvalue weighted by Crippen LogP contribution is 2.62. The third kappa shape index (κ3) is 4.27. The Labute approximate surface area is 250 Å². The molecule has 1 unspecified atom stereocenters. The lowest BCUT2D eigenvalue weighted by Gasteiger charge is -2.58. The number of fused-ring (bicyclic) bond motifs is 5. The molecule has 42 heavy (non-hydrogen) atoms. The second-order valence-electron chi connectivity index (χ2n) is 14.4. The van der Waals surface area contributed by atoms with E-state index < -0.39 is 5.60 Å². The van der Waals surface area contributed by atoms with Gasteiger partial charge in [-0.25, -0.2) is 0 Å². The number of para-hydroxylation sites is 1. The first-order valence-corrected chi connectivity index (χ1v) is 17.1. The van der Waals surface area contributed by atoms with Crippen LogP contribution in [-0.4, -0.2) is 73.8 Å². The van der Waals surface area contributed by atoms with Gasteiger partial charge < -0.3 is 20.1 Å². The van der Waals surface area contributed by atoms with Crippen molar-refractivity contribution in [2.45, 2.75) is 108 Å². The molecular weight excluding hydrogens is 520 g/mol. The number of pyridine rings is 1. The lowest BCUT2D eigenvalue weighted by atomic mass is 9.54. The number of aromatic amines is 1. The Kier molecular flexibility index (Phi) is 6.88. The van der Waals surface area contributed by atoms with Crippen molar-refractivity contribution in [1.82, 2.24) is 19.8 Å². The van der Waals surface area contributed by atoms with Gasteiger partial charge in [0.25, 0.3) is 0 Å². The maximum atomic E-state index is 13.1. The number of piperidine rings is 1. The molecule has 2 aromatic heterocycles. The summed E-state index contributed by atoms with van der Waals surface area (Å²) in [6.45, 7) is 4.55. The smallest absolute Gasteiger partial charge is 0.139 e. The molecule has 3 aromatic rings. The number of phenols is 1. The van der Waals surface area contributed by atoms with Crippen LogP contribution in [0.1, 0.15) is 95.6 Å². The Bertz CT molecular complexity index is 1500. The van der Waals surface area contributed by atoms with E-state index in [2.05, 4.69) is 33.0 Å². The summed E-state index contributed by atoms with van der Waals surface area (Å²) in [5.41, 5.74) is 3.19. The van der Waals surface area contributed by atoms with Crippen molar-refractivity contribution >= 4 is 27.4 Å². The van der Waals surface area contributed by atoms with Gasteiger partial charge in [0.05, 0.1) is 22.3 Å². The summed E-state index contributed by atoms with van der Waals surface area (Å²) in [7, 11) is 0. The molecule has 1 aromatic carbocycles. The van der Waals surface area contributed by atoms with E-state index in [-0.39, 0.29) is 17.2 Å². The zero-order valence-electron chi connectivity index (χ0n) is 25.2. The van der Waals surface area contributed by atoms with Crippen LogP contribution in [0.25, 0.3) is 27.4 Å². The van der Waals surface area contributed by atoms with E-state index >= 15 is 0 Å². The molecule has 0 radical (unpaired) electrons. The van der Waals surface area contributed by atoms with Crippen LogP contribution in [0.4, 0.5) is 0 Å². The highest BCUT2D eigenvalue weighted by molar-refractivity contribution is 6.11. The predicted octanol–water partition coefficient (Wildman–Crippen LogP) is 7.01. The molecule has 4 saturated heterocycles. The van der Waals surface area contributed by atoms with E-state index in [0.717, 1.165) is 66.4 Å². The molecular formula is C36H48N4O2. The van der Waals surface area contributed by atoms with Crippen LogP contribution in [0.5, 0.6) is 5.75 Å². The lowest BCUT2D eigenvalue weighted by Crippen LogP contribution is -2.65. The molecule has 5 aliphatic rings. The second-order valence-corrected chi connectivity index (χ2v) is 14.4. The molecule has 6 heterocycles. The summed E-state index contributed by atoms with van der Waals surface area (Å²) in [5.74, 6) is 0.648. The molecule has 1 spiro atoms. The highest BCUT2D eigenvalue weighted by Gasteiger charge is 2.65. The number of H-pyrrole nitrogens is 1. The van der Waals surface area contributed by atoms with Crippen molar-refractivity contribution in [2.24, 2.45) is 11.3 Å². The standard InChI is InChI=1S/C36H48N4O2/c41-30-14-11-13-26-27-15-18-37-32(33(27)38-31(26)30)28-23-36(42)17-8-4-1-2-5-9-19-39-21-16-29(28)35(24-39)22-25-12-7-3-6-10-20-40(25)34(35)36/h11,13-15,18,23,25,29,34,38,41-42H,1-10,12,16-17,19-22,24H2/t25-,29+,34-,35+,36+/m1/s1. The van der Waals surface area contributed by atoms with E-state index in [1.807, 2.05) is 12.3 Å². The molecule has 6 heteroatoms. The van der Waals surface area contributed by atoms with E-state index in [4.69, 9.17) is 4.98 Å². The number of allylic oxidation sites excluding steroid dienone is 1. The fourth-order valence-electron chi connectivity index (χ4n) is 10.3. The van der Waals surface area contributed by atoms with Crippen LogP contribution in [0.15, 0.2) is 36.5 Å². The van der Waals surface area contributed by atoms with Crippen LogP contribution in [0, 0.1) is 11.3 Å². The summed E-state index contributed by atoms with van der Waals surface area (Å²) in [5, 5.41) is 26.0. The first-order chi connectivity index (χ1) is 20.6. The van der Waals surface area contributed by atoms with Crippen molar-refractivity contribution in [3.8, 4) is 5.75 Å². The van der Waals surface area contributed by atoms with Crippen molar-refractivity contribution in [2.75, 3.05) is 26.2 Å². The van der Waals surface area contributed by atoms with Crippen molar-refractivity contribution < 1.29 is 10.2 Å². The van der Waals surface area contributed by atoms with Gasteiger partial charge in [-0.1, -0.05) is 63.5 Å². The SMILES string of the molecule is Oc1cccc2c1[nH]c1c(C3=C[C@@]4(O)CCCCCCCCN5CC[C@@H]3[C@]3(C[C@H]6CCCCCCN6[C@H]34)C5)nccc12. The number of hydrogen-bond acceptors (Lipinski definition) is 5. The van der Waals surface area contributed by atoms with E-state index in [1.54, 1.807) is 6.07 Å². The average molecular weight is 569 g/mol. The Morgan fingerprint density at radius 2 is 1.62 bits per heavy atom. The second kappa shape index (κ2) is 10.6. The van der Waals surface area contributed by atoms with E-state index in [9.17, 15) is 10.2 Å².